The Kier molecular flexibility index (Phi) is 7.62. The molecule has 4 aromatic rings. The molecule has 0 spiro atoms. The highest BCUT2D eigenvalue weighted by Crippen LogP contribution is 2.33. The van der Waals surface area contributed by atoms with E-state index in [0.29, 0.717) is 48.0 Å². The number of oxazole rings is 1. The fourth-order valence-corrected chi connectivity index (χ4v) is 3.63. The summed E-state index contributed by atoms with van der Waals surface area (Å²) in [5.41, 5.74) is 4.73. The van der Waals surface area contributed by atoms with Crippen molar-refractivity contribution in [3.05, 3.63) is 66.7 Å². The minimum Gasteiger partial charge on any atom is -0.495 e. The van der Waals surface area contributed by atoms with Crippen molar-refractivity contribution < 1.29 is 23.5 Å². The van der Waals surface area contributed by atoms with E-state index in [1.54, 1.807) is 19.1 Å². The highest BCUT2D eigenvalue weighted by molar-refractivity contribution is 5.92. The number of ether oxygens (including phenoxy) is 2. The van der Waals surface area contributed by atoms with Gasteiger partial charge in [0.15, 0.2) is 5.58 Å². The second-order valence-corrected chi connectivity index (χ2v) is 7.77. The number of rotatable bonds is 9. The van der Waals surface area contributed by atoms with Crippen molar-refractivity contribution in [1.29, 1.82) is 0 Å². The molecule has 1 aromatic heterocycles. The van der Waals surface area contributed by atoms with Crippen molar-refractivity contribution in [2.24, 2.45) is 0 Å². The van der Waals surface area contributed by atoms with E-state index in [2.05, 4.69) is 15.6 Å². The van der Waals surface area contributed by atoms with Crippen LogP contribution < -0.4 is 15.4 Å². The zero-order chi connectivity index (χ0) is 24.6. The normalized spacial score (nSPS) is 10.7. The van der Waals surface area contributed by atoms with E-state index in [1.165, 1.54) is 7.11 Å². The molecule has 0 saturated heterocycles. The average molecular weight is 474 g/mol. The zero-order valence-electron chi connectivity index (χ0n) is 19.7. The SMILES string of the molecule is CCOC(=O)CCCNC(=O)Nc1cc(-c2nc3cc(-c4ccccc4)ccc3o2)ccc1OC. The first-order valence-corrected chi connectivity index (χ1v) is 11.4. The van der Waals surface area contributed by atoms with Gasteiger partial charge in [-0.3, -0.25) is 4.79 Å². The maximum absolute atomic E-state index is 12.4. The smallest absolute Gasteiger partial charge is 0.319 e. The summed E-state index contributed by atoms with van der Waals surface area (Å²) in [6.45, 7) is 2.44. The Balaban J connectivity index is 1.48. The first kappa shape index (κ1) is 23.8. The third-order valence-electron chi connectivity index (χ3n) is 5.34. The number of fused-ring (bicyclic) bond motifs is 1. The van der Waals surface area contributed by atoms with Crippen LogP contribution >= 0.6 is 0 Å². The van der Waals surface area contributed by atoms with E-state index >= 15 is 0 Å². The molecule has 35 heavy (non-hydrogen) atoms. The van der Waals surface area contributed by atoms with E-state index in [9.17, 15) is 9.59 Å². The molecular formula is C27H27N3O5. The van der Waals surface area contributed by atoms with Gasteiger partial charge in [0.25, 0.3) is 0 Å². The monoisotopic (exact) mass is 473 g/mol. The zero-order valence-corrected chi connectivity index (χ0v) is 19.7. The Morgan fingerprint density at radius 2 is 1.77 bits per heavy atom. The number of anilines is 1. The van der Waals surface area contributed by atoms with Gasteiger partial charge in [-0.1, -0.05) is 36.4 Å². The summed E-state index contributed by atoms with van der Waals surface area (Å²) in [4.78, 5) is 28.4. The highest BCUT2D eigenvalue weighted by Gasteiger charge is 2.14. The van der Waals surface area contributed by atoms with Crippen LogP contribution in [-0.4, -0.2) is 37.2 Å². The van der Waals surface area contributed by atoms with E-state index in [4.69, 9.17) is 13.9 Å². The molecule has 0 radical (unpaired) electrons. The van der Waals surface area contributed by atoms with Crippen molar-refractivity contribution >= 4 is 28.8 Å². The first-order chi connectivity index (χ1) is 17.1. The van der Waals surface area contributed by atoms with Crippen LogP contribution in [0.2, 0.25) is 0 Å². The van der Waals surface area contributed by atoms with Gasteiger partial charge in [-0.05, 0) is 54.8 Å². The summed E-state index contributed by atoms with van der Waals surface area (Å²) in [5, 5.41) is 5.52. The minimum atomic E-state index is -0.408. The molecule has 2 amide bonds. The number of hydrogen-bond donors (Lipinski definition) is 2. The number of carbonyl (C=O) groups is 2. The second-order valence-electron chi connectivity index (χ2n) is 7.77. The fraction of sp³-hybridized carbons (Fsp3) is 0.222. The molecule has 0 aliphatic heterocycles. The van der Waals surface area contributed by atoms with Crippen LogP contribution in [0.15, 0.2) is 71.1 Å². The van der Waals surface area contributed by atoms with Crippen molar-refractivity contribution in [3.8, 4) is 28.3 Å². The summed E-state index contributed by atoms with van der Waals surface area (Å²) in [6, 6.07) is 20.9. The predicted octanol–water partition coefficient (Wildman–Crippen LogP) is 5.64. The lowest BCUT2D eigenvalue weighted by Crippen LogP contribution is -2.30. The van der Waals surface area contributed by atoms with Crippen molar-refractivity contribution in [2.45, 2.75) is 19.8 Å². The number of benzene rings is 3. The fourth-order valence-electron chi connectivity index (χ4n) is 3.63. The van der Waals surface area contributed by atoms with Crippen molar-refractivity contribution in [3.63, 3.8) is 0 Å². The molecule has 0 aliphatic carbocycles. The van der Waals surface area contributed by atoms with Gasteiger partial charge in [-0.2, -0.15) is 0 Å². The summed E-state index contributed by atoms with van der Waals surface area (Å²) in [5.74, 6) is 0.655. The summed E-state index contributed by atoms with van der Waals surface area (Å²) >= 11 is 0. The van der Waals surface area contributed by atoms with Crippen molar-refractivity contribution in [2.75, 3.05) is 25.6 Å². The molecule has 0 unspecified atom stereocenters. The molecule has 0 fully saturated rings. The molecule has 8 heteroatoms. The molecule has 1 heterocycles. The highest BCUT2D eigenvalue weighted by atomic mass is 16.5. The standard InChI is InChI=1S/C27H27N3O5/c1-3-34-25(31)10-7-15-28-27(32)30-21-17-20(12-13-23(21)33-2)26-29-22-16-19(11-14-24(22)35-26)18-8-5-4-6-9-18/h4-6,8-9,11-14,16-17H,3,7,10,15H2,1-2H3,(H2,28,30,32). The van der Waals surface area contributed by atoms with E-state index in [-0.39, 0.29) is 12.4 Å². The van der Waals surface area contributed by atoms with Crippen LogP contribution in [0.25, 0.3) is 33.7 Å². The van der Waals surface area contributed by atoms with Crippen LogP contribution in [0.4, 0.5) is 10.5 Å². The van der Waals surface area contributed by atoms with E-state index in [0.717, 1.165) is 16.6 Å². The number of carbonyl (C=O) groups excluding carboxylic acids is 2. The van der Waals surface area contributed by atoms with Gasteiger partial charge in [0.2, 0.25) is 5.89 Å². The van der Waals surface area contributed by atoms with E-state index < -0.39 is 6.03 Å². The van der Waals surface area contributed by atoms with Gasteiger partial charge in [-0.15, -0.1) is 0 Å². The predicted molar refractivity (Wildman–Crippen MR) is 134 cm³/mol. The van der Waals surface area contributed by atoms with Gasteiger partial charge in [0, 0.05) is 18.5 Å². The number of methoxy groups -OCH3 is 1. The molecule has 0 saturated carbocycles. The molecule has 0 bridgehead atoms. The van der Waals surface area contributed by atoms with Crippen LogP contribution in [-0.2, 0) is 9.53 Å². The average Bonchev–Trinajstić information content (AvgIpc) is 3.31. The van der Waals surface area contributed by atoms with Crippen molar-refractivity contribution in [1.82, 2.24) is 10.3 Å². The van der Waals surface area contributed by atoms with Gasteiger partial charge < -0.3 is 24.5 Å². The number of hydrogen-bond acceptors (Lipinski definition) is 6. The number of esters is 1. The Hall–Kier alpha value is -4.33. The van der Waals surface area contributed by atoms with Crippen LogP contribution in [0, 0.1) is 0 Å². The first-order valence-electron chi connectivity index (χ1n) is 11.4. The summed E-state index contributed by atoms with van der Waals surface area (Å²) in [7, 11) is 1.53. The topological polar surface area (TPSA) is 103 Å². The molecule has 2 N–H and O–H groups in total. The number of urea groups is 1. The maximum Gasteiger partial charge on any atom is 0.319 e. The van der Waals surface area contributed by atoms with Crippen LogP contribution in [0.5, 0.6) is 5.75 Å². The molecule has 0 aliphatic rings. The minimum absolute atomic E-state index is 0.247. The lowest BCUT2D eigenvalue weighted by atomic mass is 10.1. The molecule has 8 nitrogen and oxygen atoms in total. The third kappa shape index (κ3) is 5.97. The Morgan fingerprint density at radius 3 is 2.54 bits per heavy atom. The third-order valence-corrected chi connectivity index (χ3v) is 5.34. The number of amides is 2. The van der Waals surface area contributed by atoms with Crippen LogP contribution in [0.1, 0.15) is 19.8 Å². The van der Waals surface area contributed by atoms with Gasteiger partial charge in [-0.25, -0.2) is 9.78 Å². The number of nitrogens with zero attached hydrogens (tertiary/aromatic N) is 1. The Bertz CT molecular complexity index is 1320. The summed E-state index contributed by atoms with van der Waals surface area (Å²) in [6.07, 6.45) is 0.730. The van der Waals surface area contributed by atoms with Gasteiger partial charge in [0.05, 0.1) is 19.4 Å². The Morgan fingerprint density at radius 1 is 0.971 bits per heavy atom. The quantitative estimate of drug-likeness (QED) is 0.241. The Labute approximate surface area is 203 Å². The molecule has 180 valence electrons. The number of nitrogens with one attached hydrogen (secondary N) is 2. The summed E-state index contributed by atoms with van der Waals surface area (Å²) < 4.78 is 16.2. The largest absolute Gasteiger partial charge is 0.495 e. The maximum atomic E-state index is 12.4. The lowest BCUT2D eigenvalue weighted by Gasteiger charge is -2.12. The number of aromatic nitrogens is 1. The molecular weight excluding hydrogens is 446 g/mol. The van der Waals surface area contributed by atoms with Crippen LogP contribution in [0.3, 0.4) is 0 Å². The van der Waals surface area contributed by atoms with E-state index in [1.807, 2.05) is 54.6 Å². The second kappa shape index (κ2) is 11.2. The molecule has 3 aromatic carbocycles. The van der Waals surface area contributed by atoms with Gasteiger partial charge >= 0.3 is 12.0 Å². The molecule has 0 atom stereocenters. The van der Waals surface area contributed by atoms with Gasteiger partial charge in [0.1, 0.15) is 11.3 Å². The lowest BCUT2D eigenvalue weighted by molar-refractivity contribution is -0.143. The molecule has 4 rings (SSSR count).